The third-order valence-corrected chi connectivity index (χ3v) is 3.66. The van der Waals surface area contributed by atoms with Crippen LogP contribution in [0.4, 0.5) is 5.69 Å². The Kier molecular flexibility index (Phi) is 5.81. The van der Waals surface area contributed by atoms with Gasteiger partial charge in [0.15, 0.2) is 0 Å². The first-order valence-corrected chi connectivity index (χ1v) is 6.92. The van der Waals surface area contributed by atoms with E-state index in [1.165, 1.54) is 4.68 Å². The van der Waals surface area contributed by atoms with Gasteiger partial charge in [-0.25, -0.2) is 4.68 Å². The zero-order valence-electron chi connectivity index (χ0n) is 11.4. The van der Waals surface area contributed by atoms with E-state index in [-0.39, 0.29) is 5.56 Å². The molecule has 5 nitrogen and oxygen atoms in total. The van der Waals surface area contributed by atoms with Gasteiger partial charge in [-0.05, 0) is 43.4 Å². The summed E-state index contributed by atoms with van der Waals surface area (Å²) in [5.41, 5.74) is 0.667. The zero-order valence-corrected chi connectivity index (χ0v) is 13.0. The summed E-state index contributed by atoms with van der Waals surface area (Å²) in [6, 6.07) is 0.384. The quantitative estimate of drug-likeness (QED) is 0.869. The summed E-state index contributed by atoms with van der Waals surface area (Å²) in [5, 5.41) is 7.39. The molecule has 0 bridgehead atoms. The van der Waals surface area contributed by atoms with Gasteiger partial charge in [-0.2, -0.15) is 5.10 Å². The van der Waals surface area contributed by atoms with Gasteiger partial charge in [0.2, 0.25) is 0 Å². The van der Waals surface area contributed by atoms with E-state index in [0.29, 0.717) is 17.1 Å². The lowest BCUT2D eigenvalue weighted by atomic mass is 10.3. The zero-order chi connectivity index (χ0) is 13.7. The van der Waals surface area contributed by atoms with Gasteiger partial charge in [0, 0.05) is 19.1 Å². The number of rotatable bonds is 6. The summed E-state index contributed by atoms with van der Waals surface area (Å²) >= 11 is 3.34. The fourth-order valence-corrected chi connectivity index (χ4v) is 1.85. The molecule has 0 saturated heterocycles. The summed E-state index contributed by atoms with van der Waals surface area (Å²) in [6.45, 7) is 5.55. The van der Waals surface area contributed by atoms with Crippen LogP contribution < -0.4 is 10.9 Å². The van der Waals surface area contributed by atoms with Crippen LogP contribution in [0.1, 0.15) is 20.3 Å². The Morgan fingerprint density at radius 2 is 2.22 bits per heavy atom. The Hall–Kier alpha value is -0.880. The van der Waals surface area contributed by atoms with E-state index in [1.54, 1.807) is 6.20 Å². The summed E-state index contributed by atoms with van der Waals surface area (Å²) in [4.78, 5) is 14.1. The van der Waals surface area contributed by atoms with Crippen molar-refractivity contribution >= 4 is 21.6 Å². The lowest BCUT2D eigenvalue weighted by molar-refractivity contribution is 0.326. The van der Waals surface area contributed by atoms with Crippen molar-refractivity contribution in [3.05, 3.63) is 21.0 Å². The molecule has 0 aliphatic heterocycles. The van der Waals surface area contributed by atoms with Gasteiger partial charge in [-0.15, -0.1) is 0 Å². The average Bonchev–Trinajstić information content (AvgIpc) is 2.33. The summed E-state index contributed by atoms with van der Waals surface area (Å²) < 4.78 is 2.03. The topological polar surface area (TPSA) is 50.2 Å². The lowest BCUT2D eigenvalue weighted by Crippen LogP contribution is -2.32. The Morgan fingerprint density at radius 3 is 2.78 bits per heavy atom. The molecule has 0 radical (unpaired) electrons. The van der Waals surface area contributed by atoms with E-state index in [9.17, 15) is 4.79 Å². The maximum absolute atomic E-state index is 12.0. The maximum atomic E-state index is 12.0. The number of hydrogen-bond donors (Lipinski definition) is 1. The number of nitrogens with zero attached hydrogens (tertiary/aromatic N) is 3. The first kappa shape index (κ1) is 15.2. The minimum absolute atomic E-state index is 0.0839. The van der Waals surface area contributed by atoms with Gasteiger partial charge in [-0.3, -0.25) is 4.79 Å². The van der Waals surface area contributed by atoms with Crippen molar-refractivity contribution in [3.63, 3.8) is 0 Å². The highest BCUT2D eigenvalue weighted by molar-refractivity contribution is 9.10. The van der Waals surface area contributed by atoms with E-state index in [0.717, 1.165) is 18.7 Å². The predicted octanol–water partition coefficient (Wildman–Crippen LogP) is 1.78. The van der Waals surface area contributed by atoms with Crippen LogP contribution in [0.2, 0.25) is 0 Å². The molecule has 1 atom stereocenters. The molecular formula is C12H21BrN4O. The number of halogens is 1. The highest BCUT2D eigenvalue weighted by atomic mass is 79.9. The molecule has 6 heteroatoms. The predicted molar refractivity (Wildman–Crippen MR) is 78.1 cm³/mol. The molecule has 0 aliphatic carbocycles. The van der Waals surface area contributed by atoms with Crippen LogP contribution in [0.3, 0.4) is 0 Å². The highest BCUT2D eigenvalue weighted by Gasteiger charge is 2.10. The highest BCUT2D eigenvalue weighted by Crippen LogP contribution is 2.16. The molecule has 1 unspecified atom stereocenters. The molecule has 18 heavy (non-hydrogen) atoms. The van der Waals surface area contributed by atoms with E-state index >= 15 is 0 Å². The molecule has 0 aliphatic rings. The van der Waals surface area contributed by atoms with Crippen LogP contribution in [0.15, 0.2) is 15.5 Å². The third-order valence-electron chi connectivity index (χ3n) is 2.89. The minimum atomic E-state index is -0.0839. The van der Waals surface area contributed by atoms with Crippen LogP contribution in [0.5, 0.6) is 0 Å². The molecule has 1 aromatic heterocycles. The van der Waals surface area contributed by atoms with Gasteiger partial charge in [-0.1, -0.05) is 6.92 Å². The van der Waals surface area contributed by atoms with Crippen LogP contribution in [0, 0.1) is 0 Å². The molecule has 1 heterocycles. The average molecular weight is 317 g/mol. The van der Waals surface area contributed by atoms with E-state index < -0.39 is 0 Å². The summed E-state index contributed by atoms with van der Waals surface area (Å²) in [6.07, 6.45) is 2.59. The van der Waals surface area contributed by atoms with E-state index in [1.807, 2.05) is 21.0 Å². The van der Waals surface area contributed by atoms with Gasteiger partial charge in [0.25, 0.3) is 5.56 Å². The second kappa shape index (κ2) is 6.89. The molecule has 1 rings (SSSR count). The van der Waals surface area contributed by atoms with Gasteiger partial charge in [0.05, 0.1) is 11.9 Å². The third kappa shape index (κ3) is 3.81. The SMILES string of the molecule is CCCn1ncc(NCC(C)N(C)C)c(Br)c1=O. The standard InChI is InChI=1S/C12H21BrN4O/c1-5-6-17-12(18)11(13)10(8-15-17)14-7-9(2)16(3)4/h8-9,14H,5-7H2,1-4H3. The second-order valence-electron chi connectivity index (χ2n) is 4.59. The molecule has 0 aromatic carbocycles. The van der Waals surface area contributed by atoms with Crippen molar-refractivity contribution in [2.75, 3.05) is 26.0 Å². The molecule has 0 spiro atoms. The lowest BCUT2D eigenvalue weighted by Gasteiger charge is -2.20. The van der Waals surface area contributed by atoms with Crippen LogP contribution in [-0.4, -0.2) is 41.4 Å². The van der Waals surface area contributed by atoms with E-state index in [2.05, 4.69) is 38.2 Å². The van der Waals surface area contributed by atoms with Gasteiger partial charge < -0.3 is 10.2 Å². The van der Waals surface area contributed by atoms with E-state index in [4.69, 9.17) is 0 Å². The fourth-order valence-electron chi connectivity index (χ4n) is 1.40. The Labute approximate surface area is 116 Å². The molecule has 0 amide bonds. The van der Waals surface area contributed by atoms with Crippen molar-refractivity contribution in [3.8, 4) is 0 Å². The van der Waals surface area contributed by atoms with Crippen LogP contribution in [-0.2, 0) is 6.54 Å². The monoisotopic (exact) mass is 316 g/mol. The first-order valence-electron chi connectivity index (χ1n) is 6.13. The number of likely N-dealkylation sites (N-methyl/N-ethyl adjacent to an activating group) is 1. The largest absolute Gasteiger partial charge is 0.381 e. The second-order valence-corrected chi connectivity index (χ2v) is 5.39. The Balaban J connectivity index is 2.79. The maximum Gasteiger partial charge on any atom is 0.283 e. The number of hydrogen-bond acceptors (Lipinski definition) is 4. The fraction of sp³-hybridized carbons (Fsp3) is 0.667. The summed E-state index contributed by atoms with van der Waals surface area (Å²) in [7, 11) is 4.05. The molecule has 0 saturated carbocycles. The molecule has 1 N–H and O–H groups in total. The van der Waals surface area contributed by atoms with Crippen molar-refractivity contribution in [1.29, 1.82) is 0 Å². The smallest absolute Gasteiger partial charge is 0.283 e. The number of aromatic nitrogens is 2. The number of aryl methyl sites for hydroxylation is 1. The number of nitrogens with one attached hydrogen (secondary N) is 1. The van der Waals surface area contributed by atoms with Gasteiger partial charge >= 0.3 is 0 Å². The van der Waals surface area contributed by atoms with Gasteiger partial charge in [0.1, 0.15) is 4.47 Å². The van der Waals surface area contributed by atoms with Crippen molar-refractivity contribution < 1.29 is 0 Å². The van der Waals surface area contributed by atoms with Crippen molar-refractivity contribution in [2.24, 2.45) is 0 Å². The van der Waals surface area contributed by atoms with Crippen molar-refractivity contribution in [1.82, 2.24) is 14.7 Å². The van der Waals surface area contributed by atoms with Crippen molar-refractivity contribution in [2.45, 2.75) is 32.9 Å². The molecule has 102 valence electrons. The Bertz CT molecular complexity index is 444. The van der Waals surface area contributed by atoms with Crippen LogP contribution in [0.25, 0.3) is 0 Å². The first-order chi connectivity index (χ1) is 8.47. The number of anilines is 1. The Morgan fingerprint density at radius 1 is 1.56 bits per heavy atom. The molecule has 1 aromatic rings. The normalized spacial score (nSPS) is 12.8. The molecule has 0 fully saturated rings. The molecular weight excluding hydrogens is 296 g/mol. The van der Waals surface area contributed by atoms with Crippen LogP contribution >= 0.6 is 15.9 Å². The minimum Gasteiger partial charge on any atom is -0.381 e. The summed E-state index contributed by atoms with van der Waals surface area (Å²) in [5.74, 6) is 0.